The normalized spacial score (nSPS) is 13.4. The number of nitrogens with zero attached hydrogens (tertiary/aromatic N) is 11. The van der Waals surface area contributed by atoms with Gasteiger partial charge in [-0.1, -0.05) is 12.1 Å². The van der Waals surface area contributed by atoms with Crippen molar-refractivity contribution in [3.63, 3.8) is 0 Å². The van der Waals surface area contributed by atoms with E-state index < -0.39 is 120 Å². The average Bonchev–Trinajstić information content (AvgIpc) is 3.96. The minimum Gasteiger partial charge on any atom is -0.430 e. The predicted molar refractivity (Wildman–Crippen MR) is 165 cm³/mol. The van der Waals surface area contributed by atoms with E-state index in [9.17, 15) is 55.3 Å². The Hall–Kier alpha value is -8.12. The van der Waals surface area contributed by atoms with Crippen molar-refractivity contribution < 1.29 is 43.9 Å². The molecule has 2 aliphatic heterocycles. The standard InChI is InChI=1S/C35H6F9N11O/c36-18-17(19(37)21(39)22(40)20(18)38)12(8-46)31-50-16-6-5-10(11(7-45)27(16)51-31)30-53-33(13(9-47)32-48-14-3-1-2-4-15(14)49-32)55-34(54-30)35-52-28-25(43)23(41)24(42)26(44)29(28)56-35/h1-6H/b31-12+. The van der Waals surface area contributed by atoms with Gasteiger partial charge in [-0.15, -0.1) is 0 Å². The summed E-state index contributed by atoms with van der Waals surface area (Å²) in [6, 6.07) is 13.7. The molecule has 0 bridgehead atoms. The first kappa shape index (κ1) is 34.9. The number of oxazole rings is 1. The number of fused-ring (bicyclic) bond motifs is 3. The summed E-state index contributed by atoms with van der Waals surface area (Å²) in [6.07, 6.45) is 0. The molecule has 4 heterocycles. The molecule has 0 atom stereocenters. The molecule has 2 aliphatic rings. The van der Waals surface area contributed by atoms with Crippen molar-refractivity contribution >= 4 is 22.2 Å². The maximum atomic E-state index is 14.7. The third kappa shape index (κ3) is 5.16. The topological polar surface area (TPSA) is 186 Å². The van der Waals surface area contributed by atoms with Gasteiger partial charge in [0, 0.05) is 5.56 Å². The van der Waals surface area contributed by atoms with Crippen LogP contribution in [0.25, 0.3) is 45.3 Å². The van der Waals surface area contributed by atoms with Gasteiger partial charge in [0.1, 0.15) is 34.7 Å². The Morgan fingerprint density at radius 1 is 0.536 bits per heavy atom. The van der Waals surface area contributed by atoms with Crippen molar-refractivity contribution in [3.8, 4) is 41.3 Å². The first-order chi connectivity index (χ1) is 26.9. The van der Waals surface area contributed by atoms with Crippen molar-refractivity contribution in [2.24, 2.45) is 20.0 Å². The third-order valence-corrected chi connectivity index (χ3v) is 8.08. The molecule has 0 fully saturated rings. The van der Waals surface area contributed by atoms with Crippen LogP contribution in [0.4, 0.5) is 39.5 Å². The monoisotopic (exact) mass is 767 g/mol. The Morgan fingerprint density at radius 2 is 1.09 bits per heavy atom. The molecule has 8 rings (SSSR count). The summed E-state index contributed by atoms with van der Waals surface area (Å²) >= 11 is 0. The van der Waals surface area contributed by atoms with Crippen LogP contribution in [-0.4, -0.2) is 19.9 Å². The number of hydrogen-bond acceptors (Lipinski definition) is 12. The molecule has 12 nitrogen and oxygen atoms in total. The molecule has 6 aromatic rings. The second-order valence-corrected chi connectivity index (χ2v) is 11.2. The van der Waals surface area contributed by atoms with Crippen LogP contribution in [0.3, 0.4) is 0 Å². The number of nitriles is 3. The van der Waals surface area contributed by atoms with Crippen LogP contribution in [0.1, 0.15) is 17.0 Å². The maximum Gasteiger partial charge on any atom is 0.266 e. The molecule has 0 aliphatic carbocycles. The van der Waals surface area contributed by atoms with Crippen LogP contribution < -0.4 is 21.4 Å². The zero-order valence-electron chi connectivity index (χ0n) is 26.7. The van der Waals surface area contributed by atoms with E-state index in [-0.39, 0.29) is 16.7 Å². The molecule has 0 saturated heterocycles. The maximum absolute atomic E-state index is 14.7. The lowest BCUT2D eigenvalue weighted by atomic mass is 10.0. The summed E-state index contributed by atoms with van der Waals surface area (Å²) in [7, 11) is 0. The van der Waals surface area contributed by atoms with Crippen LogP contribution in [0.2, 0.25) is 0 Å². The summed E-state index contributed by atoms with van der Waals surface area (Å²) in [5.41, 5.74) is -6.29. The van der Waals surface area contributed by atoms with E-state index in [1.165, 1.54) is 6.07 Å². The lowest BCUT2D eigenvalue weighted by Crippen LogP contribution is -2.25. The molecular weight excluding hydrogens is 761 g/mol. The number of para-hydroxylation sites is 2. The van der Waals surface area contributed by atoms with Gasteiger partial charge < -0.3 is 4.42 Å². The van der Waals surface area contributed by atoms with Crippen molar-refractivity contribution in [2.75, 3.05) is 0 Å². The number of rotatable bonds is 4. The van der Waals surface area contributed by atoms with E-state index in [4.69, 9.17) is 4.42 Å². The summed E-state index contributed by atoms with van der Waals surface area (Å²) in [6.45, 7) is 0. The average molecular weight is 767 g/mol. The van der Waals surface area contributed by atoms with E-state index in [0.717, 1.165) is 12.1 Å². The van der Waals surface area contributed by atoms with Gasteiger partial charge >= 0.3 is 0 Å². The Bertz CT molecular complexity index is 3190. The third-order valence-electron chi connectivity index (χ3n) is 8.08. The van der Waals surface area contributed by atoms with E-state index in [1.807, 2.05) is 6.07 Å². The molecule has 4 aromatic carbocycles. The van der Waals surface area contributed by atoms with Gasteiger partial charge in [-0.05, 0) is 24.3 Å². The van der Waals surface area contributed by atoms with E-state index in [1.54, 1.807) is 30.3 Å². The van der Waals surface area contributed by atoms with E-state index in [2.05, 4.69) is 39.9 Å². The Balaban J connectivity index is 1.38. The highest BCUT2D eigenvalue weighted by Crippen LogP contribution is 2.33. The summed E-state index contributed by atoms with van der Waals surface area (Å²) < 4.78 is 134. The van der Waals surface area contributed by atoms with E-state index >= 15 is 0 Å². The first-order valence-electron chi connectivity index (χ1n) is 15.1. The number of hydrogen-bond donors (Lipinski definition) is 0. The van der Waals surface area contributed by atoms with Crippen LogP contribution >= 0.6 is 0 Å². The minimum absolute atomic E-state index is 0.217. The molecule has 0 radical (unpaired) electrons. The fourth-order valence-corrected chi connectivity index (χ4v) is 5.51. The number of benzene rings is 4. The Morgan fingerprint density at radius 3 is 1.71 bits per heavy atom. The minimum atomic E-state index is -2.48. The van der Waals surface area contributed by atoms with Crippen molar-refractivity contribution in [1.82, 2.24) is 19.9 Å². The van der Waals surface area contributed by atoms with Gasteiger partial charge in [0.25, 0.3) is 5.89 Å². The molecule has 0 spiro atoms. The van der Waals surface area contributed by atoms with Crippen LogP contribution in [0.15, 0.2) is 72.4 Å². The van der Waals surface area contributed by atoms with Gasteiger partial charge in [-0.25, -0.2) is 75.0 Å². The summed E-state index contributed by atoms with van der Waals surface area (Å²) in [4.78, 5) is 32.7. The molecule has 0 unspecified atom stereocenters. The lowest BCUT2D eigenvalue weighted by Gasteiger charge is -2.07. The lowest BCUT2D eigenvalue weighted by molar-refractivity contribution is 0.376. The smallest absolute Gasteiger partial charge is 0.266 e. The number of halogens is 9. The molecule has 56 heavy (non-hydrogen) atoms. The highest BCUT2D eigenvalue weighted by molar-refractivity contribution is 5.81. The van der Waals surface area contributed by atoms with Crippen LogP contribution in [0, 0.1) is 86.3 Å². The highest BCUT2D eigenvalue weighted by atomic mass is 19.2. The molecule has 0 amide bonds. The predicted octanol–water partition coefficient (Wildman–Crippen LogP) is 4.76. The Kier molecular flexibility index (Phi) is 7.97. The number of aromatic nitrogens is 4. The fourth-order valence-electron chi connectivity index (χ4n) is 5.51. The van der Waals surface area contributed by atoms with Gasteiger partial charge in [-0.2, -0.15) is 20.2 Å². The summed E-state index contributed by atoms with van der Waals surface area (Å²) in [5, 5.41) is 30.3. The van der Waals surface area contributed by atoms with Crippen molar-refractivity contribution in [1.29, 1.82) is 15.8 Å². The van der Waals surface area contributed by atoms with E-state index in [0.29, 0.717) is 10.7 Å². The number of allylic oxidation sites excluding steroid dienone is 2. The van der Waals surface area contributed by atoms with Gasteiger partial charge in [0.15, 0.2) is 69.3 Å². The van der Waals surface area contributed by atoms with Crippen molar-refractivity contribution in [3.05, 3.63) is 139 Å². The molecule has 0 N–H and O–H groups in total. The highest BCUT2D eigenvalue weighted by Gasteiger charge is 2.31. The Labute approximate surface area is 301 Å². The first-order valence-corrected chi connectivity index (χ1v) is 15.1. The largest absolute Gasteiger partial charge is 0.430 e. The van der Waals surface area contributed by atoms with Crippen LogP contribution in [-0.2, 0) is 0 Å². The molecule has 270 valence electrons. The zero-order valence-corrected chi connectivity index (χ0v) is 26.7. The molecule has 21 heteroatoms. The van der Waals surface area contributed by atoms with Crippen molar-refractivity contribution in [2.45, 2.75) is 0 Å². The van der Waals surface area contributed by atoms with Crippen LogP contribution in [0.5, 0.6) is 0 Å². The fraction of sp³-hybridized carbons (Fsp3) is 0. The second kappa shape index (κ2) is 12.8. The molecule has 0 saturated carbocycles. The molecule has 2 aromatic heterocycles. The quantitative estimate of drug-likeness (QED) is 0.106. The SMILES string of the molecule is N#CC(=C1N=c2ccccc2=N1)c1nc(-c2nc3c(F)c(F)c(F)c(F)c3o2)nc(-c2ccc3c(c2C#N)=N/C(=C(\C#N)c2c(F)c(F)c(F)c(F)c2F)N=3)n1. The summed E-state index contributed by atoms with van der Waals surface area (Å²) in [5.74, 6) is -23.9. The second-order valence-electron chi connectivity index (χ2n) is 11.2. The van der Waals surface area contributed by atoms with Gasteiger partial charge in [-0.3, -0.25) is 0 Å². The van der Waals surface area contributed by atoms with Gasteiger partial charge in [0.2, 0.25) is 23.3 Å². The van der Waals surface area contributed by atoms with Gasteiger partial charge in [0.05, 0.1) is 27.2 Å². The molecular formula is C35H6F9N11O. The zero-order chi connectivity index (χ0) is 39.7.